The highest BCUT2D eigenvalue weighted by Crippen LogP contribution is 2.29. The lowest BCUT2D eigenvalue weighted by atomic mass is 10.2. The molecule has 2 amide bonds. The van der Waals surface area contributed by atoms with Crippen LogP contribution in [0, 0.1) is 0 Å². The number of para-hydroxylation sites is 3. The number of carbonyl (C=O) groups is 1. The maximum Gasteiger partial charge on any atom is 0.326 e. The number of halogens is 1. The maximum atomic E-state index is 12.6. The number of methoxy groups -OCH3 is 1. The van der Waals surface area contributed by atoms with Crippen LogP contribution < -0.4 is 15.0 Å². The normalized spacial score (nSPS) is 10.1. The fourth-order valence-corrected chi connectivity index (χ4v) is 2.34. The molecule has 22 heavy (non-hydrogen) atoms. The van der Waals surface area contributed by atoms with Crippen LogP contribution in [0.3, 0.4) is 0 Å². The number of nitrogens with zero attached hydrogens (tertiary/aromatic N) is 1. The second-order valence-corrected chi connectivity index (χ2v) is 5.14. The smallest absolute Gasteiger partial charge is 0.326 e. The van der Waals surface area contributed by atoms with Gasteiger partial charge in [0, 0.05) is 6.54 Å². The van der Waals surface area contributed by atoms with Gasteiger partial charge in [0.25, 0.3) is 0 Å². The molecule has 0 aliphatic carbocycles. The van der Waals surface area contributed by atoms with Crippen LogP contribution in [-0.2, 0) is 0 Å². The SMILES string of the molecule is CCCN(C(=O)Nc1ccccc1Cl)c1ccccc1OC. The van der Waals surface area contributed by atoms with Gasteiger partial charge in [-0.25, -0.2) is 4.79 Å². The number of anilines is 2. The molecule has 116 valence electrons. The van der Waals surface area contributed by atoms with E-state index in [-0.39, 0.29) is 6.03 Å². The molecule has 0 radical (unpaired) electrons. The Balaban J connectivity index is 2.27. The second kappa shape index (κ2) is 7.71. The lowest BCUT2D eigenvalue weighted by Gasteiger charge is -2.24. The fourth-order valence-electron chi connectivity index (χ4n) is 2.15. The maximum absolute atomic E-state index is 12.6. The zero-order valence-electron chi connectivity index (χ0n) is 12.7. The lowest BCUT2D eigenvalue weighted by Crippen LogP contribution is -2.36. The van der Waals surface area contributed by atoms with Gasteiger partial charge in [-0.2, -0.15) is 0 Å². The molecule has 0 spiro atoms. The van der Waals surface area contributed by atoms with Crippen LogP contribution >= 0.6 is 11.6 Å². The Morgan fingerprint density at radius 1 is 1.18 bits per heavy atom. The van der Waals surface area contributed by atoms with Crippen LogP contribution in [0.25, 0.3) is 0 Å². The predicted octanol–water partition coefficient (Wildman–Crippen LogP) is 4.80. The van der Waals surface area contributed by atoms with Crippen molar-refractivity contribution in [1.82, 2.24) is 0 Å². The van der Waals surface area contributed by atoms with Gasteiger partial charge in [-0.15, -0.1) is 0 Å². The van der Waals surface area contributed by atoms with Crippen LogP contribution in [0.2, 0.25) is 5.02 Å². The Morgan fingerprint density at radius 3 is 2.55 bits per heavy atom. The fraction of sp³-hybridized carbons (Fsp3) is 0.235. The van der Waals surface area contributed by atoms with Crippen molar-refractivity contribution in [2.24, 2.45) is 0 Å². The van der Waals surface area contributed by atoms with E-state index in [0.717, 1.165) is 12.1 Å². The quantitative estimate of drug-likeness (QED) is 0.860. The molecule has 0 aromatic heterocycles. The third-order valence-electron chi connectivity index (χ3n) is 3.18. The molecule has 0 saturated carbocycles. The molecule has 2 rings (SSSR count). The van der Waals surface area contributed by atoms with E-state index in [1.54, 1.807) is 24.1 Å². The molecule has 0 heterocycles. The summed E-state index contributed by atoms with van der Waals surface area (Å²) >= 11 is 6.10. The zero-order chi connectivity index (χ0) is 15.9. The van der Waals surface area contributed by atoms with E-state index in [1.165, 1.54) is 0 Å². The monoisotopic (exact) mass is 318 g/mol. The minimum atomic E-state index is -0.237. The molecule has 0 aliphatic heterocycles. The summed E-state index contributed by atoms with van der Waals surface area (Å²) in [7, 11) is 1.59. The summed E-state index contributed by atoms with van der Waals surface area (Å²) in [6.07, 6.45) is 0.827. The third-order valence-corrected chi connectivity index (χ3v) is 3.51. The highest BCUT2D eigenvalue weighted by molar-refractivity contribution is 6.33. The molecule has 0 bridgehead atoms. The standard InChI is InChI=1S/C17H19ClN2O2/c1-3-12-20(15-10-6-7-11-16(15)22-2)17(21)19-14-9-5-4-8-13(14)18/h4-11H,3,12H2,1-2H3,(H,19,21). The van der Waals surface area contributed by atoms with Crippen molar-refractivity contribution in [2.75, 3.05) is 23.9 Å². The van der Waals surface area contributed by atoms with Crippen molar-refractivity contribution in [3.63, 3.8) is 0 Å². The van der Waals surface area contributed by atoms with E-state index in [2.05, 4.69) is 5.32 Å². The van der Waals surface area contributed by atoms with Crippen molar-refractivity contribution in [3.8, 4) is 5.75 Å². The van der Waals surface area contributed by atoms with Gasteiger partial charge in [-0.3, -0.25) is 4.90 Å². The zero-order valence-corrected chi connectivity index (χ0v) is 13.4. The first-order valence-corrected chi connectivity index (χ1v) is 7.51. The van der Waals surface area contributed by atoms with Gasteiger partial charge < -0.3 is 10.1 Å². The summed E-state index contributed by atoms with van der Waals surface area (Å²) < 4.78 is 5.35. The summed E-state index contributed by atoms with van der Waals surface area (Å²) in [5.41, 5.74) is 1.32. The van der Waals surface area contributed by atoms with Crippen LogP contribution in [0.4, 0.5) is 16.2 Å². The van der Waals surface area contributed by atoms with Crippen LogP contribution in [-0.4, -0.2) is 19.7 Å². The summed E-state index contributed by atoms with van der Waals surface area (Å²) in [5.74, 6) is 0.658. The van der Waals surface area contributed by atoms with Gasteiger partial charge in [0.15, 0.2) is 0 Å². The number of urea groups is 1. The van der Waals surface area contributed by atoms with E-state index < -0.39 is 0 Å². The molecule has 2 aromatic rings. The first-order chi connectivity index (χ1) is 10.7. The van der Waals surface area contributed by atoms with Gasteiger partial charge >= 0.3 is 6.03 Å². The number of hydrogen-bond acceptors (Lipinski definition) is 2. The van der Waals surface area contributed by atoms with E-state index in [1.807, 2.05) is 43.3 Å². The molecule has 0 unspecified atom stereocenters. The number of hydrogen-bond donors (Lipinski definition) is 1. The summed E-state index contributed by atoms with van der Waals surface area (Å²) in [5, 5.41) is 3.35. The van der Waals surface area contributed by atoms with Crippen LogP contribution in [0.15, 0.2) is 48.5 Å². The summed E-state index contributed by atoms with van der Waals surface area (Å²) in [6.45, 7) is 2.60. The molecule has 5 heteroatoms. The number of benzene rings is 2. The van der Waals surface area contributed by atoms with Crippen molar-refractivity contribution >= 4 is 29.0 Å². The highest BCUT2D eigenvalue weighted by Gasteiger charge is 2.19. The molecule has 1 N–H and O–H groups in total. The van der Waals surface area contributed by atoms with Gasteiger partial charge in [-0.1, -0.05) is 42.8 Å². The van der Waals surface area contributed by atoms with Crippen LogP contribution in [0.5, 0.6) is 5.75 Å². The van der Waals surface area contributed by atoms with Crippen molar-refractivity contribution < 1.29 is 9.53 Å². The Bertz CT molecular complexity index is 646. The van der Waals surface area contributed by atoms with Crippen molar-refractivity contribution in [2.45, 2.75) is 13.3 Å². The molecule has 2 aromatic carbocycles. The number of rotatable bonds is 5. The first kappa shape index (κ1) is 16.2. The molecule has 4 nitrogen and oxygen atoms in total. The summed E-state index contributed by atoms with van der Waals surface area (Å²) in [4.78, 5) is 14.3. The van der Waals surface area contributed by atoms with E-state index in [9.17, 15) is 4.79 Å². The van der Waals surface area contributed by atoms with Gasteiger partial charge in [0.05, 0.1) is 23.5 Å². The van der Waals surface area contributed by atoms with Gasteiger partial charge in [0.2, 0.25) is 0 Å². The highest BCUT2D eigenvalue weighted by atomic mass is 35.5. The Kier molecular flexibility index (Phi) is 5.67. The van der Waals surface area contributed by atoms with E-state index >= 15 is 0 Å². The van der Waals surface area contributed by atoms with Crippen molar-refractivity contribution in [3.05, 3.63) is 53.6 Å². The van der Waals surface area contributed by atoms with Gasteiger partial charge in [0.1, 0.15) is 5.75 Å². The minimum absolute atomic E-state index is 0.237. The average Bonchev–Trinajstić information content (AvgIpc) is 2.54. The lowest BCUT2D eigenvalue weighted by molar-refractivity contribution is 0.256. The Hall–Kier alpha value is -2.20. The molecular weight excluding hydrogens is 300 g/mol. The Labute approximate surface area is 135 Å². The molecule has 0 aliphatic rings. The second-order valence-electron chi connectivity index (χ2n) is 4.73. The molecule has 0 saturated heterocycles. The first-order valence-electron chi connectivity index (χ1n) is 7.13. The van der Waals surface area contributed by atoms with E-state index in [0.29, 0.717) is 23.0 Å². The van der Waals surface area contributed by atoms with E-state index in [4.69, 9.17) is 16.3 Å². The number of nitrogens with one attached hydrogen (secondary N) is 1. The summed E-state index contributed by atoms with van der Waals surface area (Å²) in [6, 6.07) is 14.4. The van der Waals surface area contributed by atoms with Crippen LogP contribution in [0.1, 0.15) is 13.3 Å². The average molecular weight is 319 g/mol. The molecule has 0 atom stereocenters. The minimum Gasteiger partial charge on any atom is -0.495 e. The largest absolute Gasteiger partial charge is 0.495 e. The molecule has 0 fully saturated rings. The molecular formula is C17H19ClN2O2. The number of amides is 2. The number of carbonyl (C=O) groups excluding carboxylic acids is 1. The topological polar surface area (TPSA) is 41.6 Å². The van der Waals surface area contributed by atoms with Crippen molar-refractivity contribution in [1.29, 1.82) is 0 Å². The van der Waals surface area contributed by atoms with Gasteiger partial charge in [-0.05, 0) is 30.7 Å². The Morgan fingerprint density at radius 2 is 1.86 bits per heavy atom. The third kappa shape index (κ3) is 3.71. The number of ether oxygens (including phenoxy) is 1. The predicted molar refractivity (Wildman–Crippen MR) is 91.1 cm³/mol.